The van der Waals surface area contributed by atoms with Gasteiger partial charge in [-0.1, -0.05) is 35.5 Å². The Kier molecular flexibility index (Phi) is 6.36. The highest BCUT2D eigenvalue weighted by molar-refractivity contribution is 6.04. The molecular weight excluding hydrogens is 384 g/mol. The third-order valence-electron chi connectivity index (χ3n) is 5.42. The Morgan fingerprint density at radius 3 is 2.33 bits per heavy atom. The molecule has 1 N–H and O–H groups in total. The first kappa shape index (κ1) is 20.8. The highest BCUT2D eigenvalue weighted by Crippen LogP contribution is 2.32. The van der Waals surface area contributed by atoms with E-state index in [9.17, 15) is 4.79 Å². The molecule has 2 aliphatic rings. The van der Waals surface area contributed by atoms with E-state index in [1.807, 2.05) is 44.2 Å². The summed E-state index contributed by atoms with van der Waals surface area (Å²) in [5.41, 5.74) is 0.904. The molecule has 0 radical (unpaired) electrons. The molecule has 8 nitrogen and oxygen atoms in total. The van der Waals surface area contributed by atoms with Gasteiger partial charge in [-0.25, -0.2) is 0 Å². The van der Waals surface area contributed by atoms with Crippen LogP contribution in [-0.2, 0) is 9.47 Å². The number of aromatic nitrogens is 1. The van der Waals surface area contributed by atoms with Crippen molar-refractivity contribution < 1.29 is 18.8 Å². The van der Waals surface area contributed by atoms with E-state index in [4.69, 9.17) is 14.0 Å². The number of amides is 1. The van der Waals surface area contributed by atoms with Gasteiger partial charge in [0.15, 0.2) is 11.6 Å². The van der Waals surface area contributed by atoms with Crippen molar-refractivity contribution in [2.24, 2.45) is 0 Å². The number of benzene rings is 1. The summed E-state index contributed by atoms with van der Waals surface area (Å²) in [7, 11) is 0. The first-order valence-electron chi connectivity index (χ1n) is 10.5. The zero-order chi connectivity index (χ0) is 21.0. The highest BCUT2D eigenvalue weighted by atomic mass is 16.5. The van der Waals surface area contributed by atoms with E-state index in [1.165, 1.54) is 0 Å². The normalized spacial score (nSPS) is 18.4. The number of morpholine rings is 2. The maximum Gasteiger partial charge on any atom is 0.259 e. The largest absolute Gasteiger partial charge is 0.379 e. The van der Waals surface area contributed by atoms with E-state index in [0.29, 0.717) is 43.4 Å². The summed E-state index contributed by atoms with van der Waals surface area (Å²) < 4.78 is 16.6. The summed E-state index contributed by atoms with van der Waals surface area (Å²) in [6.45, 7) is 10.6. The fourth-order valence-electron chi connectivity index (χ4n) is 3.99. The second-order valence-corrected chi connectivity index (χ2v) is 8.40. The summed E-state index contributed by atoms with van der Waals surface area (Å²) in [6, 6.07) is 9.65. The second-order valence-electron chi connectivity index (χ2n) is 8.40. The molecule has 0 aliphatic carbocycles. The maximum absolute atomic E-state index is 13.5. The van der Waals surface area contributed by atoms with Crippen LogP contribution in [0.3, 0.4) is 0 Å². The van der Waals surface area contributed by atoms with Crippen LogP contribution in [0.1, 0.15) is 24.2 Å². The number of hydrogen-bond donors (Lipinski definition) is 1. The first-order valence-corrected chi connectivity index (χ1v) is 10.5. The molecule has 0 atom stereocenters. The molecule has 2 aliphatic heterocycles. The van der Waals surface area contributed by atoms with E-state index in [2.05, 4.69) is 20.3 Å². The minimum Gasteiger partial charge on any atom is -0.379 e. The summed E-state index contributed by atoms with van der Waals surface area (Å²) in [6.07, 6.45) is 0. The SMILES string of the molecule is CC(C)(CN1CCOCC1)NC(=O)c1c(N2CCOCC2)noc1-c1ccccc1. The van der Waals surface area contributed by atoms with E-state index < -0.39 is 5.54 Å². The molecule has 162 valence electrons. The van der Waals surface area contributed by atoms with E-state index >= 15 is 0 Å². The van der Waals surface area contributed by atoms with E-state index in [0.717, 1.165) is 38.4 Å². The van der Waals surface area contributed by atoms with Crippen molar-refractivity contribution in [2.75, 3.05) is 64.1 Å². The van der Waals surface area contributed by atoms with Crippen molar-refractivity contribution in [1.29, 1.82) is 0 Å². The summed E-state index contributed by atoms with van der Waals surface area (Å²) in [5.74, 6) is 0.906. The fourth-order valence-corrected chi connectivity index (χ4v) is 3.99. The number of carbonyl (C=O) groups is 1. The molecule has 3 heterocycles. The van der Waals surface area contributed by atoms with E-state index in [-0.39, 0.29) is 5.91 Å². The van der Waals surface area contributed by atoms with Gasteiger partial charge in [-0.05, 0) is 13.8 Å². The van der Waals surface area contributed by atoms with Crippen molar-refractivity contribution in [3.8, 4) is 11.3 Å². The molecular formula is C22H30N4O4. The van der Waals surface area contributed by atoms with Crippen molar-refractivity contribution >= 4 is 11.7 Å². The number of nitrogens with one attached hydrogen (secondary N) is 1. The number of anilines is 1. The van der Waals surface area contributed by atoms with Crippen LogP contribution in [0.2, 0.25) is 0 Å². The van der Waals surface area contributed by atoms with Gasteiger partial charge < -0.3 is 24.2 Å². The van der Waals surface area contributed by atoms with E-state index in [1.54, 1.807) is 0 Å². The van der Waals surface area contributed by atoms with Gasteiger partial charge in [0.2, 0.25) is 0 Å². The third kappa shape index (κ3) is 4.83. The van der Waals surface area contributed by atoms with Crippen molar-refractivity contribution in [2.45, 2.75) is 19.4 Å². The number of hydrogen-bond acceptors (Lipinski definition) is 7. The minimum absolute atomic E-state index is 0.171. The van der Waals surface area contributed by atoms with Gasteiger partial charge in [0.1, 0.15) is 5.56 Å². The second kappa shape index (κ2) is 9.16. The van der Waals surface area contributed by atoms with Crippen LogP contribution in [0.5, 0.6) is 0 Å². The van der Waals surface area contributed by atoms with Crippen LogP contribution < -0.4 is 10.2 Å². The van der Waals surface area contributed by atoms with Gasteiger partial charge in [-0.2, -0.15) is 0 Å². The molecule has 2 fully saturated rings. The molecule has 30 heavy (non-hydrogen) atoms. The molecule has 0 bridgehead atoms. The smallest absolute Gasteiger partial charge is 0.259 e. The molecule has 4 rings (SSSR count). The number of carbonyl (C=O) groups excluding carboxylic acids is 1. The lowest BCUT2D eigenvalue weighted by atomic mass is 10.0. The molecule has 8 heteroatoms. The predicted octanol–water partition coefficient (Wildman–Crippen LogP) is 2.02. The Labute approximate surface area is 177 Å². The first-order chi connectivity index (χ1) is 14.5. The van der Waals surface area contributed by atoms with Gasteiger partial charge >= 0.3 is 0 Å². The average molecular weight is 415 g/mol. The lowest BCUT2D eigenvalue weighted by molar-refractivity contribution is 0.0269. The van der Waals surface area contributed by atoms with Crippen molar-refractivity contribution in [3.05, 3.63) is 35.9 Å². The van der Waals surface area contributed by atoms with Gasteiger partial charge in [0.05, 0.1) is 26.4 Å². The van der Waals surface area contributed by atoms with Gasteiger partial charge in [-0.15, -0.1) is 0 Å². The molecule has 2 saturated heterocycles. The zero-order valence-corrected chi connectivity index (χ0v) is 17.7. The van der Waals surface area contributed by atoms with Crippen LogP contribution in [0.15, 0.2) is 34.9 Å². The predicted molar refractivity (Wildman–Crippen MR) is 114 cm³/mol. The van der Waals surface area contributed by atoms with Crippen LogP contribution >= 0.6 is 0 Å². The monoisotopic (exact) mass is 414 g/mol. The summed E-state index contributed by atoms with van der Waals surface area (Å²) >= 11 is 0. The molecule has 0 spiro atoms. The van der Waals surface area contributed by atoms with Crippen molar-refractivity contribution in [1.82, 2.24) is 15.4 Å². The molecule has 1 aromatic heterocycles. The third-order valence-corrected chi connectivity index (χ3v) is 5.42. The molecule has 2 aromatic rings. The fraction of sp³-hybridized carbons (Fsp3) is 0.545. The number of ether oxygens (including phenoxy) is 2. The summed E-state index contributed by atoms with van der Waals surface area (Å²) in [5, 5.41) is 7.51. The highest BCUT2D eigenvalue weighted by Gasteiger charge is 2.32. The van der Waals surface area contributed by atoms with Crippen LogP contribution in [-0.4, -0.2) is 80.7 Å². The minimum atomic E-state index is -0.415. The number of nitrogens with zero attached hydrogens (tertiary/aromatic N) is 3. The average Bonchev–Trinajstić information content (AvgIpc) is 3.20. The van der Waals surface area contributed by atoms with Crippen LogP contribution in [0.25, 0.3) is 11.3 Å². The van der Waals surface area contributed by atoms with Crippen LogP contribution in [0.4, 0.5) is 5.82 Å². The molecule has 0 saturated carbocycles. The quantitative estimate of drug-likeness (QED) is 0.775. The Hall–Kier alpha value is -2.42. The lowest BCUT2D eigenvalue weighted by Gasteiger charge is -2.35. The topological polar surface area (TPSA) is 80.1 Å². The standard InChI is InChI=1S/C22H30N4O4/c1-22(2,16-25-8-12-28-13-9-25)23-21(27)18-19(17-6-4-3-5-7-17)30-24-20(18)26-10-14-29-15-11-26/h3-7H,8-16H2,1-2H3,(H,23,27). The Morgan fingerprint density at radius 1 is 1.03 bits per heavy atom. The van der Waals surface area contributed by atoms with Crippen molar-refractivity contribution in [3.63, 3.8) is 0 Å². The summed E-state index contributed by atoms with van der Waals surface area (Å²) in [4.78, 5) is 17.9. The van der Waals surface area contributed by atoms with Gasteiger partial charge in [-0.3, -0.25) is 9.69 Å². The van der Waals surface area contributed by atoms with Crippen LogP contribution in [0, 0.1) is 0 Å². The molecule has 0 unspecified atom stereocenters. The Balaban J connectivity index is 1.60. The zero-order valence-electron chi connectivity index (χ0n) is 17.7. The molecule has 1 aromatic carbocycles. The Bertz CT molecular complexity index is 840. The number of rotatable bonds is 6. The molecule has 1 amide bonds. The lowest BCUT2D eigenvalue weighted by Crippen LogP contribution is -2.53. The maximum atomic E-state index is 13.5. The van der Waals surface area contributed by atoms with Gasteiger partial charge in [0.25, 0.3) is 5.91 Å². The van der Waals surface area contributed by atoms with Gasteiger partial charge in [0, 0.05) is 43.8 Å². The Morgan fingerprint density at radius 2 is 1.67 bits per heavy atom.